The first kappa shape index (κ1) is 31.7. The van der Waals surface area contributed by atoms with E-state index in [0.29, 0.717) is 39.2 Å². The minimum absolute atomic E-state index is 0.0229. The highest BCUT2D eigenvalue weighted by atomic mass is 35.5. The van der Waals surface area contributed by atoms with Gasteiger partial charge in [-0.1, -0.05) is 72.9 Å². The first-order valence-electron chi connectivity index (χ1n) is 12.8. The number of hydrogen-bond donors (Lipinski definition) is 1. The topological polar surface area (TPSA) is 86.8 Å². The number of carbonyl (C=O) groups excluding carboxylic acids is 2. The molecular formula is C29H32Cl3N3O4S. The van der Waals surface area contributed by atoms with E-state index in [0.717, 1.165) is 4.31 Å². The molecule has 0 saturated heterocycles. The zero-order valence-corrected chi connectivity index (χ0v) is 25.6. The number of nitrogens with zero attached hydrogens (tertiary/aromatic N) is 2. The van der Waals surface area contributed by atoms with Crippen LogP contribution in [0.4, 0.5) is 5.69 Å². The van der Waals surface area contributed by atoms with Crippen LogP contribution in [0.5, 0.6) is 0 Å². The number of para-hydroxylation sites is 1. The van der Waals surface area contributed by atoms with Crippen LogP contribution in [0.1, 0.15) is 39.2 Å². The summed E-state index contributed by atoms with van der Waals surface area (Å²) in [4.78, 5) is 28.7. The molecule has 0 aliphatic heterocycles. The van der Waals surface area contributed by atoms with Crippen LogP contribution in [0.3, 0.4) is 0 Å². The average molecular weight is 625 g/mol. The zero-order chi connectivity index (χ0) is 29.4. The van der Waals surface area contributed by atoms with Gasteiger partial charge in [0.25, 0.3) is 10.0 Å². The standard InChI is InChI=1S/C29H32Cl3N3O4S/c1-4-20(3)33-29(37)27(5-2)34(18-21-11-12-23(31)17-26(21)32)28(36)19-35(24-9-7-6-8-10-24)40(38,39)25-15-13-22(30)14-16-25/h6-17,20,27H,4-5,18-19H2,1-3H3,(H,33,37)/t20-,27-/m0/s1. The summed E-state index contributed by atoms with van der Waals surface area (Å²) in [5.74, 6) is -0.902. The molecule has 0 aliphatic rings. The summed E-state index contributed by atoms with van der Waals surface area (Å²) in [6, 6.07) is 18.0. The first-order valence-corrected chi connectivity index (χ1v) is 15.4. The van der Waals surface area contributed by atoms with E-state index in [1.165, 1.54) is 29.2 Å². The third kappa shape index (κ3) is 7.91. The summed E-state index contributed by atoms with van der Waals surface area (Å²) in [6.45, 7) is 5.05. The Morgan fingerprint density at radius 1 is 0.875 bits per heavy atom. The number of nitrogens with one attached hydrogen (secondary N) is 1. The van der Waals surface area contributed by atoms with E-state index in [1.54, 1.807) is 55.5 Å². The molecule has 0 saturated carbocycles. The Hall–Kier alpha value is -2.78. The van der Waals surface area contributed by atoms with E-state index in [4.69, 9.17) is 34.8 Å². The Morgan fingerprint density at radius 3 is 2.08 bits per heavy atom. The molecule has 0 bridgehead atoms. The number of rotatable bonds is 12. The minimum Gasteiger partial charge on any atom is -0.352 e. The monoisotopic (exact) mass is 623 g/mol. The second kappa shape index (κ2) is 14.2. The van der Waals surface area contributed by atoms with Gasteiger partial charge in [-0.2, -0.15) is 0 Å². The lowest BCUT2D eigenvalue weighted by Crippen LogP contribution is -2.53. The van der Waals surface area contributed by atoms with Crippen LogP contribution in [0.15, 0.2) is 77.7 Å². The van der Waals surface area contributed by atoms with Crippen molar-refractivity contribution in [2.45, 2.75) is 57.1 Å². The number of carbonyl (C=O) groups is 2. The zero-order valence-electron chi connectivity index (χ0n) is 22.5. The molecule has 7 nitrogen and oxygen atoms in total. The Bertz CT molecular complexity index is 1420. The molecule has 3 rings (SSSR count). The van der Waals surface area contributed by atoms with Crippen LogP contribution < -0.4 is 9.62 Å². The van der Waals surface area contributed by atoms with Crippen molar-refractivity contribution < 1.29 is 18.0 Å². The lowest BCUT2D eigenvalue weighted by molar-refractivity contribution is -0.140. The van der Waals surface area contributed by atoms with Crippen molar-refractivity contribution in [3.63, 3.8) is 0 Å². The summed E-state index contributed by atoms with van der Waals surface area (Å²) < 4.78 is 28.6. The smallest absolute Gasteiger partial charge is 0.264 e. The van der Waals surface area contributed by atoms with Crippen molar-refractivity contribution in [2.75, 3.05) is 10.8 Å². The van der Waals surface area contributed by atoms with Gasteiger partial charge in [0.2, 0.25) is 11.8 Å². The normalized spacial score (nSPS) is 12.8. The van der Waals surface area contributed by atoms with Crippen molar-refractivity contribution in [3.05, 3.63) is 93.4 Å². The number of halogens is 3. The molecule has 0 radical (unpaired) electrons. The van der Waals surface area contributed by atoms with Gasteiger partial charge in [0.1, 0.15) is 12.6 Å². The molecular weight excluding hydrogens is 593 g/mol. The molecule has 0 spiro atoms. The van der Waals surface area contributed by atoms with Crippen molar-refractivity contribution in [2.24, 2.45) is 0 Å². The molecule has 40 heavy (non-hydrogen) atoms. The fourth-order valence-corrected chi connectivity index (χ4v) is 6.06. The molecule has 0 heterocycles. The summed E-state index contributed by atoms with van der Waals surface area (Å²) in [5, 5.41) is 4.08. The van der Waals surface area contributed by atoms with Gasteiger partial charge in [0.05, 0.1) is 10.6 Å². The van der Waals surface area contributed by atoms with E-state index < -0.39 is 28.5 Å². The number of hydrogen-bond acceptors (Lipinski definition) is 4. The predicted molar refractivity (Wildman–Crippen MR) is 161 cm³/mol. The van der Waals surface area contributed by atoms with Crippen molar-refractivity contribution in [1.82, 2.24) is 10.2 Å². The number of sulfonamides is 1. The fraction of sp³-hybridized carbons (Fsp3) is 0.310. The summed E-state index contributed by atoms with van der Waals surface area (Å²) in [6.07, 6.45) is 1.01. The van der Waals surface area contributed by atoms with Gasteiger partial charge in [0, 0.05) is 27.7 Å². The molecule has 0 aliphatic carbocycles. The Kier molecular flexibility index (Phi) is 11.3. The second-order valence-corrected chi connectivity index (χ2v) is 12.4. The second-order valence-electron chi connectivity index (χ2n) is 9.30. The molecule has 11 heteroatoms. The maximum Gasteiger partial charge on any atom is 0.264 e. The third-order valence-corrected chi connectivity index (χ3v) is 9.09. The quantitative estimate of drug-likeness (QED) is 0.247. The summed E-state index contributed by atoms with van der Waals surface area (Å²) in [5.41, 5.74) is 0.869. The third-order valence-electron chi connectivity index (χ3n) is 6.47. The predicted octanol–water partition coefficient (Wildman–Crippen LogP) is 6.56. The molecule has 2 atom stereocenters. The van der Waals surface area contributed by atoms with Gasteiger partial charge in [0.15, 0.2) is 0 Å². The largest absolute Gasteiger partial charge is 0.352 e. The maximum absolute atomic E-state index is 14.1. The van der Waals surface area contributed by atoms with E-state index >= 15 is 0 Å². The Labute approximate surface area is 251 Å². The molecule has 2 amide bonds. The fourth-order valence-electron chi connectivity index (χ4n) is 4.05. The number of amides is 2. The Balaban J connectivity index is 2.06. The lowest BCUT2D eigenvalue weighted by atomic mass is 10.1. The molecule has 0 aromatic heterocycles. The van der Waals surface area contributed by atoms with Gasteiger partial charge < -0.3 is 10.2 Å². The van der Waals surface area contributed by atoms with Crippen molar-refractivity contribution in [3.8, 4) is 0 Å². The molecule has 3 aromatic rings. The van der Waals surface area contributed by atoms with Gasteiger partial charge in [-0.25, -0.2) is 8.42 Å². The minimum atomic E-state index is -4.18. The van der Waals surface area contributed by atoms with Gasteiger partial charge in [-0.15, -0.1) is 0 Å². The highest BCUT2D eigenvalue weighted by Gasteiger charge is 2.34. The van der Waals surface area contributed by atoms with Crippen molar-refractivity contribution in [1.29, 1.82) is 0 Å². The van der Waals surface area contributed by atoms with Gasteiger partial charge in [-0.05, 0) is 73.9 Å². The van der Waals surface area contributed by atoms with Gasteiger partial charge in [-0.3, -0.25) is 13.9 Å². The number of benzene rings is 3. The molecule has 3 aromatic carbocycles. The molecule has 0 unspecified atom stereocenters. The number of anilines is 1. The molecule has 1 N–H and O–H groups in total. The van der Waals surface area contributed by atoms with Crippen LogP contribution in [0.2, 0.25) is 15.1 Å². The van der Waals surface area contributed by atoms with Crippen LogP contribution in [-0.2, 0) is 26.2 Å². The SMILES string of the molecule is CC[C@H](C)NC(=O)[C@H](CC)N(Cc1ccc(Cl)cc1Cl)C(=O)CN(c1ccccc1)S(=O)(=O)c1ccc(Cl)cc1. The molecule has 214 valence electrons. The summed E-state index contributed by atoms with van der Waals surface area (Å²) >= 11 is 18.5. The van der Waals surface area contributed by atoms with Crippen LogP contribution in [0, 0.1) is 0 Å². The van der Waals surface area contributed by atoms with Crippen LogP contribution in [-0.4, -0.2) is 43.8 Å². The maximum atomic E-state index is 14.1. The first-order chi connectivity index (χ1) is 19.0. The van der Waals surface area contributed by atoms with Crippen LogP contribution >= 0.6 is 34.8 Å². The van der Waals surface area contributed by atoms with Crippen LogP contribution in [0.25, 0.3) is 0 Å². The highest BCUT2D eigenvalue weighted by Crippen LogP contribution is 2.27. The van der Waals surface area contributed by atoms with E-state index in [1.807, 2.05) is 13.8 Å². The average Bonchev–Trinajstić information content (AvgIpc) is 2.93. The van der Waals surface area contributed by atoms with E-state index in [-0.39, 0.29) is 23.4 Å². The molecule has 0 fully saturated rings. The van der Waals surface area contributed by atoms with E-state index in [9.17, 15) is 18.0 Å². The van der Waals surface area contributed by atoms with E-state index in [2.05, 4.69) is 5.32 Å². The lowest BCUT2D eigenvalue weighted by Gasteiger charge is -2.34. The Morgan fingerprint density at radius 2 is 1.50 bits per heavy atom. The highest BCUT2D eigenvalue weighted by molar-refractivity contribution is 7.92. The van der Waals surface area contributed by atoms with Gasteiger partial charge >= 0.3 is 0 Å². The van der Waals surface area contributed by atoms with Crippen molar-refractivity contribution >= 4 is 62.3 Å². The summed E-state index contributed by atoms with van der Waals surface area (Å²) in [7, 11) is -4.18.